The van der Waals surface area contributed by atoms with Gasteiger partial charge in [0.1, 0.15) is 5.58 Å². The van der Waals surface area contributed by atoms with Crippen molar-refractivity contribution in [2.75, 3.05) is 11.9 Å². The van der Waals surface area contributed by atoms with Crippen LogP contribution < -0.4 is 10.5 Å². The Balaban J connectivity index is 2.39. The molecule has 0 N–H and O–H groups in total. The van der Waals surface area contributed by atoms with Crippen LogP contribution >= 0.6 is 0 Å². The van der Waals surface area contributed by atoms with Gasteiger partial charge in [0.05, 0.1) is 5.54 Å². The predicted octanol–water partition coefficient (Wildman–Crippen LogP) is 3.73. The number of likely N-dealkylation sites (N-methyl/N-ethyl adjacent to an activating group) is 1. The highest BCUT2D eigenvalue weighted by molar-refractivity contribution is 5.92. The van der Waals surface area contributed by atoms with E-state index < -0.39 is 0 Å². The van der Waals surface area contributed by atoms with Gasteiger partial charge >= 0.3 is 5.63 Å². The number of benzene rings is 1. The van der Waals surface area contributed by atoms with Gasteiger partial charge in [-0.2, -0.15) is 0 Å². The molecule has 3 heteroatoms. The molecule has 0 saturated heterocycles. The highest BCUT2D eigenvalue weighted by Crippen LogP contribution is 2.40. The number of hydrogen-bond donors (Lipinski definition) is 0. The molecule has 0 radical (unpaired) electrons. The van der Waals surface area contributed by atoms with E-state index in [0.29, 0.717) is 5.58 Å². The molecule has 1 aliphatic rings. The van der Waals surface area contributed by atoms with Crippen molar-refractivity contribution in [3.8, 4) is 0 Å². The summed E-state index contributed by atoms with van der Waals surface area (Å²) >= 11 is 0. The Morgan fingerprint density at radius 2 is 1.85 bits per heavy atom. The van der Waals surface area contributed by atoms with Crippen molar-refractivity contribution >= 4 is 22.2 Å². The van der Waals surface area contributed by atoms with Crippen molar-refractivity contribution in [1.82, 2.24) is 0 Å². The van der Waals surface area contributed by atoms with Gasteiger partial charge in [0.25, 0.3) is 0 Å². The first kappa shape index (κ1) is 13.0. The molecular weight excluding hydrogens is 250 g/mol. The summed E-state index contributed by atoms with van der Waals surface area (Å²) < 4.78 is 5.36. The zero-order valence-electron chi connectivity index (χ0n) is 12.6. The lowest BCUT2D eigenvalue weighted by Gasteiger charge is -2.40. The highest BCUT2D eigenvalue weighted by atomic mass is 16.4. The highest BCUT2D eigenvalue weighted by Gasteiger charge is 2.29. The fraction of sp³-hybridized carbons (Fsp3) is 0.353. The SMILES string of the molecule is CC1=CC(C)(C)N(C)c2cc3oc(=O)cc(C)c3cc21. The van der Waals surface area contributed by atoms with Crippen LogP contribution in [0.15, 0.2) is 33.5 Å². The van der Waals surface area contributed by atoms with Crippen molar-refractivity contribution in [3.05, 3.63) is 45.8 Å². The van der Waals surface area contributed by atoms with Gasteiger partial charge in [0, 0.05) is 35.8 Å². The van der Waals surface area contributed by atoms with Crippen molar-refractivity contribution in [2.45, 2.75) is 33.2 Å². The number of aryl methyl sites for hydroxylation is 1. The van der Waals surface area contributed by atoms with E-state index in [4.69, 9.17) is 4.42 Å². The lowest BCUT2D eigenvalue weighted by atomic mass is 9.88. The molecule has 0 aliphatic carbocycles. The first-order valence-corrected chi connectivity index (χ1v) is 6.82. The summed E-state index contributed by atoms with van der Waals surface area (Å²) in [5.41, 5.74) is 4.85. The fourth-order valence-corrected chi connectivity index (χ4v) is 2.96. The quantitative estimate of drug-likeness (QED) is 0.683. The molecule has 3 rings (SSSR count). The predicted molar refractivity (Wildman–Crippen MR) is 83.4 cm³/mol. The molecule has 0 amide bonds. The maximum Gasteiger partial charge on any atom is 0.336 e. The van der Waals surface area contributed by atoms with E-state index >= 15 is 0 Å². The van der Waals surface area contributed by atoms with Gasteiger partial charge < -0.3 is 9.32 Å². The monoisotopic (exact) mass is 269 g/mol. The third-order valence-electron chi connectivity index (χ3n) is 4.29. The second-order valence-electron chi connectivity index (χ2n) is 6.15. The molecule has 2 heterocycles. The molecule has 0 atom stereocenters. The minimum absolute atomic E-state index is 0.0467. The molecule has 20 heavy (non-hydrogen) atoms. The zero-order chi connectivity index (χ0) is 14.7. The maximum atomic E-state index is 11.6. The van der Waals surface area contributed by atoms with Crippen LogP contribution in [0.2, 0.25) is 0 Å². The molecular formula is C17H19NO2. The van der Waals surface area contributed by atoms with Crippen LogP contribution in [-0.4, -0.2) is 12.6 Å². The van der Waals surface area contributed by atoms with Crippen molar-refractivity contribution in [1.29, 1.82) is 0 Å². The molecule has 104 valence electrons. The first-order chi connectivity index (χ1) is 9.29. The minimum atomic E-state index is -0.292. The third kappa shape index (κ3) is 1.77. The lowest BCUT2D eigenvalue weighted by Crippen LogP contribution is -2.42. The van der Waals surface area contributed by atoms with Crippen LogP contribution in [0.25, 0.3) is 16.5 Å². The summed E-state index contributed by atoms with van der Waals surface area (Å²) in [5, 5.41) is 1.00. The van der Waals surface area contributed by atoms with E-state index in [1.807, 2.05) is 13.0 Å². The molecule has 1 aromatic carbocycles. The Hall–Kier alpha value is -2.03. The summed E-state index contributed by atoms with van der Waals surface area (Å²) in [7, 11) is 2.07. The van der Waals surface area contributed by atoms with Crippen LogP contribution in [0.5, 0.6) is 0 Å². The summed E-state index contributed by atoms with van der Waals surface area (Å²) in [6.07, 6.45) is 2.27. The molecule has 0 fully saturated rings. The lowest BCUT2D eigenvalue weighted by molar-refractivity contribution is 0.558. The maximum absolute atomic E-state index is 11.6. The Morgan fingerprint density at radius 1 is 1.15 bits per heavy atom. The summed E-state index contributed by atoms with van der Waals surface area (Å²) in [6, 6.07) is 5.65. The second-order valence-corrected chi connectivity index (χ2v) is 6.15. The standard InChI is InChI=1S/C17H19NO2/c1-10-6-16(19)20-15-8-14-12(7-13(10)15)11(2)9-17(3,4)18(14)5/h6-9H,1-5H3. The van der Waals surface area contributed by atoms with Crippen molar-refractivity contribution < 1.29 is 4.42 Å². The van der Waals surface area contributed by atoms with E-state index in [1.165, 1.54) is 11.1 Å². The van der Waals surface area contributed by atoms with Crippen LogP contribution in [0.1, 0.15) is 31.9 Å². The van der Waals surface area contributed by atoms with Crippen LogP contribution in [0.4, 0.5) is 5.69 Å². The average molecular weight is 269 g/mol. The number of allylic oxidation sites excluding steroid dienone is 1. The van der Waals surface area contributed by atoms with Gasteiger partial charge in [0.2, 0.25) is 0 Å². The Morgan fingerprint density at radius 3 is 2.55 bits per heavy atom. The summed E-state index contributed by atoms with van der Waals surface area (Å²) in [4.78, 5) is 13.8. The molecule has 2 aromatic rings. The fourth-order valence-electron chi connectivity index (χ4n) is 2.96. The van der Waals surface area contributed by atoms with Crippen molar-refractivity contribution in [3.63, 3.8) is 0 Å². The van der Waals surface area contributed by atoms with Crippen molar-refractivity contribution in [2.24, 2.45) is 0 Å². The van der Waals surface area contributed by atoms with Gasteiger partial charge in [-0.3, -0.25) is 0 Å². The zero-order valence-corrected chi connectivity index (χ0v) is 12.6. The molecule has 1 aromatic heterocycles. The third-order valence-corrected chi connectivity index (χ3v) is 4.29. The second kappa shape index (κ2) is 3.98. The van der Waals surface area contributed by atoms with Crippen LogP contribution in [0.3, 0.4) is 0 Å². The number of nitrogens with zero attached hydrogens (tertiary/aromatic N) is 1. The Kier molecular flexibility index (Phi) is 2.58. The average Bonchev–Trinajstić information content (AvgIpc) is 2.34. The number of fused-ring (bicyclic) bond motifs is 2. The number of rotatable bonds is 0. The first-order valence-electron chi connectivity index (χ1n) is 6.82. The van der Waals surface area contributed by atoms with Gasteiger partial charge in [-0.15, -0.1) is 0 Å². The smallest absolute Gasteiger partial charge is 0.336 e. The molecule has 0 spiro atoms. The van der Waals surface area contributed by atoms with E-state index in [1.54, 1.807) is 6.07 Å². The summed E-state index contributed by atoms with van der Waals surface area (Å²) in [5.74, 6) is 0. The number of hydrogen-bond acceptors (Lipinski definition) is 3. The number of anilines is 1. The van der Waals surface area contributed by atoms with E-state index in [-0.39, 0.29) is 11.2 Å². The van der Waals surface area contributed by atoms with E-state index in [9.17, 15) is 4.79 Å². The summed E-state index contributed by atoms with van der Waals surface area (Å²) in [6.45, 7) is 8.43. The molecule has 3 nitrogen and oxygen atoms in total. The van der Waals surface area contributed by atoms with Gasteiger partial charge in [-0.1, -0.05) is 6.08 Å². The molecule has 1 aliphatic heterocycles. The van der Waals surface area contributed by atoms with Crippen LogP contribution in [-0.2, 0) is 0 Å². The van der Waals surface area contributed by atoms with Gasteiger partial charge in [-0.05, 0) is 44.9 Å². The normalized spacial score (nSPS) is 17.1. The molecule has 0 bridgehead atoms. The van der Waals surface area contributed by atoms with Crippen LogP contribution in [0, 0.1) is 6.92 Å². The Labute approximate surface area is 118 Å². The Bertz CT molecular complexity index is 796. The van der Waals surface area contributed by atoms with E-state index in [0.717, 1.165) is 16.6 Å². The largest absolute Gasteiger partial charge is 0.423 e. The molecule has 0 unspecified atom stereocenters. The topological polar surface area (TPSA) is 33.5 Å². The van der Waals surface area contributed by atoms with E-state index in [2.05, 4.69) is 44.9 Å². The van der Waals surface area contributed by atoms with Gasteiger partial charge in [0.15, 0.2) is 0 Å². The van der Waals surface area contributed by atoms with Gasteiger partial charge in [-0.25, -0.2) is 4.79 Å². The minimum Gasteiger partial charge on any atom is -0.423 e. The molecule has 0 saturated carbocycles.